The number of methoxy groups -OCH3 is 1. The minimum Gasteiger partial charge on any atom is -0.493 e. The van der Waals surface area contributed by atoms with E-state index < -0.39 is 0 Å². The molecule has 0 saturated heterocycles. The van der Waals surface area contributed by atoms with E-state index in [-0.39, 0.29) is 30.1 Å². The fourth-order valence-electron chi connectivity index (χ4n) is 2.50. The number of hydrogen-bond acceptors (Lipinski definition) is 5. The number of guanidine groups is 1. The highest BCUT2D eigenvalue weighted by Crippen LogP contribution is 2.26. The molecule has 0 radical (unpaired) electrons. The van der Waals surface area contributed by atoms with E-state index in [2.05, 4.69) is 32.9 Å². The van der Waals surface area contributed by atoms with Crippen molar-refractivity contribution in [3.63, 3.8) is 0 Å². The van der Waals surface area contributed by atoms with Crippen LogP contribution in [0.25, 0.3) is 0 Å². The lowest BCUT2D eigenvalue weighted by atomic mass is 10.3. The lowest BCUT2D eigenvalue weighted by Gasteiger charge is -2.16. The third kappa shape index (κ3) is 8.64. The zero-order chi connectivity index (χ0) is 19.5. The molecule has 0 amide bonds. The molecule has 2 N–H and O–H groups in total. The number of nitrogens with one attached hydrogen (secondary N) is 2. The van der Waals surface area contributed by atoms with Gasteiger partial charge in [-0.3, -0.25) is 0 Å². The number of hydrogen-bond donors (Lipinski definition) is 2. The first kappa shape index (κ1) is 24.5. The minimum atomic E-state index is -0.0601. The summed E-state index contributed by atoms with van der Waals surface area (Å²) in [6, 6.07) is 7.65. The van der Waals surface area contributed by atoms with Crippen LogP contribution in [-0.4, -0.2) is 43.8 Å². The maximum atomic E-state index is 5.96. The van der Waals surface area contributed by atoms with Crippen LogP contribution in [0.2, 0.25) is 0 Å². The van der Waals surface area contributed by atoms with Gasteiger partial charge in [-0.25, -0.2) is 9.98 Å². The molecule has 1 unspecified atom stereocenters. The highest BCUT2D eigenvalue weighted by Gasteiger charge is 2.08. The Balaban J connectivity index is 0.00000392. The van der Waals surface area contributed by atoms with Crippen LogP contribution >= 0.6 is 35.3 Å². The number of halogens is 1. The fraction of sp³-hybridized carbons (Fsp3) is 0.500. The Morgan fingerprint density at radius 3 is 2.64 bits per heavy atom. The molecule has 6 nitrogen and oxygen atoms in total. The van der Waals surface area contributed by atoms with Gasteiger partial charge in [0.2, 0.25) is 0 Å². The Hall–Kier alpha value is -1.55. The van der Waals surface area contributed by atoms with E-state index in [9.17, 15) is 0 Å². The molecule has 1 aromatic heterocycles. The third-order valence-electron chi connectivity index (χ3n) is 3.77. The first-order valence-corrected chi connectivity index (χ1v) is 10.2. The van der Waals surface area contributed by atoms with Gasteiger partial charge >= 0.3 is 0 Å². The summed E-state index contributed by atoms with van der Waals surface area (Å²) in [6.45, 7) is 8.32. The van der Waals surface area contributed by atoms with Gasteiger partial charge in [-0.2, -0.15) is 0 Å². The molecule has 28 heavy (non-hydrogen) atoms. The molecule has 0 fully saturated rings. The second kappa shape index (κ2) is 13.6. The molecule has 1 atom stereocenters. The van der Waals surface area contributed by atoms with E-state index in [1.807, 2.05) is 38.1 Å². The van der Waals surface area contributed by atoms with Crippen molar-refractivity contribution in [2.24, 2.45) is 4.99 Å². The lowest BCUT2D eigenvalue weighted by molar-refractivity contribution is 0.219. The first-order valence-electron chi connectivity index (χ1n) is 9.35. The van der Waals surface area contributed by atoms with Crippen molar-refractivity contribution in [3.05, 3.63) is 40.3 Å². The van der Waals surface area contributed by atoms with Gasteiger partial charge in [0, 0.05) is 30.6 Å². The molecule has 1 heterocycles. The van der Waals surface area contributed by atoms with Crippen LogP contribution in [0.5, 0.6) is 11.5 Å². The van der Waals surface area contributed by atoms with E-state index in [1.165, 1.54) is 5.01 Å². The van der Waals surface area contributed by atoms with Crippen molar-refractivity contribution in [3.8, 4) is 11.5 Å². The summed E-state index contributed by atoms with van der Waals surface area (Å²) in [6.07, 6.45) is 1.94. The van der Waals surface area contributed by atoms with E-state index >= 15 is 0 Å². The third-order valence-corrected chi connectivity index (χ3v) is 4.80. The van der Waals surface area contributed by atoms with Crippen LogP contribution < -0.4 is 20.1 Å². The van der Waals surface area contributed by atoms with Crippen molar-refractivity contribution < 1.29 is 9.47 Å². The molecule has 156 valence electrons. The zero-order valence-electron chi connectivity index (χ0n) is 17.0. The topological polar surface area (TPSA) is 67.8 Å². The van der Waals surface area contributed by atoms with Crippen LogP contribution in [0.1, 0.15) is 31.0 Å². The van der Waals surface area contributed by atoms with Crippen LogP contribution in [0.3, 0.4) is 0 Å². The Morgan fingerprint density at radius 1 is 1.25 bits per heavy atom. The van der Waals surface area contributed by atoms with Crippen LogP contribution in [0, 0.1) is 6.92 Å². The maximum absolute atomic E-state index is 5.96. The second-order valence-electron chi connectivity index (χ2n) is 6.21. The number of para-hydroxylation sites is 2. The minimum absolute atomic E-state index is 0. The van der Waals surface area contributed by atoms with Gasteiger partial charge in [-0.1, -0.05) is 12.1 Å². The molecule has 0 bridgehead atoms. The van der Waals surface area contributed by atoms with Gasteiger partial charge in [0.05, 0.1) is 18.7 Å². The van der Waals surface area contributed by atoms with Crippen molar-refractivity contribution in [1.82, 2.24) is 15.6 Å². The number of nitrogens with zero attached hydrogens (tertiary/aromatic N) is 2. The summed E-state index contributed by atoms with van der Waals surface area (Å²) in [4.78, 5) is 9.12. The van der Waals surface area contributed by atoms with Crippen molar-refractivity contribution in [2.75, 3.05) is 26.7 Å². The van der Waals surface area contributed by atoms with E-state index in [0.717, 1.165) is 49.1 Å². The summed E-state index contributed by atoms with van der Waals surface area (Å²) in [5.74, 6) is 2.28. The molecule has 8 heteroatoms. The van der Waals surface area contributed by atoms with Gasteiger partial charge in [0.15, 0.2) is 17.5 Å². The smallest absolute Gasteiger partial charge is 0.191 e. The quantitative estimate of drug-likeness (QED) is 0.215. The lowest BCUT2D eigenvalue weighted by Crippen LogP contribution is -2.38. The number of thiazole rings is 1. The SMILES string of the molecule is CCNC(=NCC(C)Oc1ccccc1OC)NCCCc1nc(C)cs1.I. The van der Waals surface area contributed by atoms with Gasteiger partial charge in [0.1, 0.15) is 6.10 Å². The monoisotopic (exact) mass is 518 g/mol. The molecule has 0 saturated carbocycles. The molecular weight excluding hydrogens is 487 g/mol. The first-order chi connectivity index (χ1) is 13.1. The predicted molar refractivity (Wildman–Crippen MR) is 128 cm³/mol. The molecule has 2 aromatic rings. The highest BCUT2D eigenvalue weighted by molar-refractivity contribution is 14.0. The number of aromatic nitrogens is 1. The summed E-state index contributed by atoms with van der Waals surface area (Å²) in [5, 5.41) is 9.93. The van der Waals surface area contributed by atoms with E-state index in [4.69, 9.17) is 9.47 Å². The summed E-state index contributed by atoms with van der Waals surface area (Å²) >= 11 is 1.73. The number of rotatable bonds is 10. The normalized spacial score (nSPS) is 12.1. The molecule has 0 spiro atoms. The van der Waals surface area contributed by atoms with E-state index in [0.29, 0.717) is 6.54 Å². The van der Waals surface area contributed by atoms with Crippen molar-refractivity contribution in [1.29, 1.82) is 0 Å². The molecule has 0 aliphatic heterocycles. The molecule has 0 aliphatic carbocycles. The Bertz CT molecular complexity index is 724. The summed E-state index contributed by atoms with van der Waals surface area (Å²) in [5.41, 5.74) is 1.10. The predicted octanol–water partition coefficient (Wildman–Crippen LogP) is 4.03. The maximum Gasteiger partial charge on any atom is 0.191 e. The standard InChI is InChI=1S/C20H30N4O2S.HI/c1-5-21-20(22-12-8-11-19-24-15(2)14-27-19)23-13-16(3)26-18-10-7-6-9-17(18)25-4;/h6-7,9-10,14,16H,5,8,11-13H2,1-4H3,(H2,21,22,23);1H. The highest BCUT2D eigenvalue weighted by atomic mass is 127. The molecule has 2 rings (SSSR count). The van der Waals surface area contributed by atoms with Crippen LogP contribution in [0.4, 0.5) is 0 Å². The number of ether oxygens (including phenoxy) is 2. The Labute approximate surface area is 189 Å². The van der Waals surface area contributed by atoms with Crippen molar-refractivity contribution >= 4 is 41.3 Å². The van der Waals surface area contributed by atoms with Gasteiger partial charge < -0.3 is 20.1 Å². The number of benzene rings is 1. The molecular formula is C20H31IN4O2S. The van der Waals surface area contributed by atoms with Gasteiger partial charge in [-0.05, 0) is 39.3 Å². The molecule has 1 aromatic carbocycles. The number of aliphatic imine (C=N–C) groups is 1. The largest absolute Gasteiger partial charge is 0.493 e. The van der Waals surface area contributed by atoms with Gasteiger partial charge in [-0.15, -0.1) is 35.3 Å². The average molecular weight is 518 g/mol. The van der Waals surface area contributed by atoms with E-state index in [1.54, 1.807) is 18.4 Å². The molecule has 0 aliphatic rings. The second-order valence-corrected chi connectivity index (χ2v) is 7.15. The van der Waals surface area contributed by atoms with Crippen molar-refractivity contribution in [2.45, 2.75) is 39.7 Å². The fourth-order valence-corrected chi connectivity index (χ4v) is 3.31. The zero-order valence-corrected chi connectivity index (χ0v) is 20.2. The Morgan fingerprint density at radius 2 is 2.00 bits per heavy atom. The average Bonchev–Trinajstić information content (AvgIpc) is 3.08. The summed E-state index contributed by atoms with van der Waals surface area (Å²) in [7, 11) is 1.64. The van der Waals surface area contributed by atoms with Gasteiger partial charge in [0.25, 0.3) is 0 Å². The number of aryl methyl sites for hydroxylation is 2. The van der Waals surface area contributed by atoms with Crippen LogP contribution in [-0.2, 0) is 6.42 Å². The Kier molecular flexibility index (Phi) is 11.9. The summed E-state index contributed by atoms with van der Waals surface area (Å²) < 4.78 is 11.3. The van der Waals surface area contributed by atoms with Crippen LogP contribution in [0.15, 0.2) is 34.6 Å².